The average molecular weight is 276 g/mol. The van der Waals surface area contributed by atoms with Gasteiger partial charge in [-0.15, -0.1) is 0 Å². The maximum absolute atomic E-state index is 11.3. The number of hydrogen-bond donors (Lipinski definition) is 1. The first kappa shape index (κ1) is 14.2. The van der Waals surface area contributed by atoms with Crippen molar-refractivity contribution in [1.82, 2.24) is 10.2 Å². The molecule has 0 aromatic heterocycles. The fourth-order valence-corrected chi connectivity index (χ4v) is 3.83. The SMILES string of the molecule is CC(NCCN1CCS(=O)(=O)CC1)C1CCCO1. The fraction of sp³-hybridized carbons (Fsp3) is 1.00. The van der Waals surface area contributed by atoms with Crippen LogP contribution < -0.4 is 5.32 Å². The van der Waals surface area contributed by atoms with Gasteiger partial charge in [0.25, 0.3) is 0 Å². The van der Waals surface area contributed by atoms with E-state index in [1.807, 2.05) is 0 Å². The molecule has 0 spiro atoms. The van der Waals surface area contributed by atoms with Crippen molar-refractivity contribution in [3.05, 3.63) is 0 Å². The van der Waals surface area contributed by atoms with Gasteiger partial charge in [0.05, 0.1) is 17.6 Å². The highest BCUT2D eigenvalue weighted by molar-refractivity contribution is 7.91. The molecular formula is C12H24N2O3S. The zero-order valence-electron chi connectivity index (χ0n) is 11.1. The van der Waals surface area contributed by atoms with E-state index in [1.54, 1.807) is 0 Å². The lowest BCUT2D eigenvalue weighted by Crippen LogP contribution is -2.45. The fourth-order valence-electron chi connectivity index (χ4n) is 2.55. The first-order valence-corrected chi connectivity index (χ1v) is 8.67. The topological polar surface area (TPSA) is 58.6 Å². The lowest BCUT2D eigenvalue weighted by Gasteiger charge is -2.28. The molecule has 2 rings (SSSR count). The molecule has 2 fully saturated rings. The molecule has 0 saturated carbocycles. The van der Waals surface area contributed by atoms with Crippen molar-refractivity contribution in [3.8, 4) is 0 Å². The molecule has 2 unspecified atom stereocenters. The van der Waals surface area contributed by atoms with Gasteiger partial charge >= 0.3 is 0 Å². The van der Waals surface area contributed by atoms with Gasteiger partial charge in [-0.25, -0.2) is 8.42 Å². The molecule has 2 atom stereocenters. The van der Waals surface area contributed by atoms with Crippen molar-refractivity contribution in [2.45, 2.75) is 31.9 Å². The summed E-state index contributed by atoms with van der Waals surface area (Å²) in [7, 11) is -2.75. The van der Waals surface area contributed by atoms with Crippen LogP contribution in [-0.4, -0.2) is 69.8 Å². The maximum atomic E-state index is 11.3. The van der Waals surface area contributed by atoms with Gasteiger partial charge in [0.15, 0.2) is 9.84 Å². The second-order valence-corrected chi connectivity index (χ2v) is 7.59. The molecule has 0 amide bonds. The van der Waals surface area contributed by atoms with E-state index in [9.17, 15) is 8.42 Å². The predicted octanol–water partition coefficient (Wildman–Crippen LogP) is -0.126. The van der Waals surface area contributed by atoms with E-state index in [0.29, 0.717) is 36.7 Å². The highest BCUT2D eigenvalue weighted by Crippen LogP contribution is 2.15. The van der Waals surface area contributed by atoms with Gasteiger partial charge in [0.2, 0.25) is 0 Å². The summed E-state index contributed by atoms with van der Waals surface area (Å²) in [6, 6.07) is 0.390. The Morgan fingerprint density at radius 1 is 1.39 bits per heavy atom. The van der Waals surface area contributed by atoms with Crippen molar-refractivity contribution < 1.29 is 13.2 Å². The summed E-state index contributed by atoms with van der Waals surface area (Å²) in [6.45, 7) is 6.24. The molecule has 2 heterocycles. The Balaban J connectivity index is 1.61. The number of ether oxygens (including phenoxy) is 1. The van der Waals surface area contributed by atoms with Crippen molar-refractivity contribution >= 4 is 9.84 Å². The molecule has 0 aromatic carbocycles. The molecule has 2 saturated heterocycles. The van der Waals surface area contributed by atoms with Gasteiger partial charge < -0.3 is 15.0 Å². The van der Waals surface area contributed by atoms with Crippen molar-refractivity contribution in [3.63, 3.8) is 0 Å². The zero-order valence-corrected chi connectivity index (χ0v) is 11.9. The predicted molar refractivity (Wildman–Crippen MR) is 71.5 cm³/mol. The van der Waals surface area contributed by atoms with Crippen LogP contribution in [0.3, 0.4) is 0 Å². The first-order valence-electron chi connectivity index (χ1n) is 6.84. The van der Waals surface area contributed by atoms with E-state index in [4.69, 9.17) is 4.74 Å². The molecule has 18 heavy (non-hydrogen) atoms. The minimum atomic E-state index is -2.75. The lowest BCUT2D eigenvalue weighted by atomic mass is 10.1. The Morgan fingerprint density at radius 3 is 2.72 bits per heavy atom. The van der Waals surface area contributed by atoms with E-state index < -0.39 is 9.84 Å². The Kier molecular flexibility index (Phi) is 5.00. The van der Waals surface area contributed by atoms with Crippen molar-refractivity contribution in [1.29, 1.82) is 0 Å². The monoisotopic (exact) mass is 276 g/mol. The lowest BCUT2D eigenvalue weighted by molar-refractivity contribution is 0.0828. The highest BCUT2D eigenvalue weighted by atomic mass is 32.2. The van der Waals surface area contributed by atoms with Crippen LogP contribution in [0.2, 0.25) is 0 Å². The molecule has 5 nitrogen and oxygen atoms in total. The number of hydrogen-bond acceptors (Lipinski definition) is 5. The molecule has 2 aliphatic rings. The number of nitrogens with one attached hydrogen (secondary N) is 1. The van der Waals surface area contributed by atoms with E-state index >= 15 is 0 Å². The summed E-state index contributed by atoms with van der Waals surface area (Å²) in [5, 5.41) is 3.48. The summed E-state index contributed by atoms with van der Waals surface area (Å²) in [5.41, 5.74) is 0. The maximum Gasteiger partial charge on any atom is 0.152 e. The molecular weight excluding hydrogens is 252 g/mol. The zero-order chi connectivity index (χ0) is 13.0. The molecule has 0 aliphatic carbocycles. The molecule has 0 bridgehead atoms. The largest absolute Gasteiger partial charge is 0.377 e. The quantitative estimate of drug-likeness (QED) is 0.758. The van der Waals surface area contributed by atoms with Crippen LogP contribution in [0.4, 0.5) is 0 Å². The molecule has 2 aliphatic heterocycles. The normalized spacial score (nSPS) is 30.4. The Labute approximate surface area is 110 Å². The summed E-state index contributed by atoms with van der Waals surface area (Å²) >= 11 is 0. The average Bonchev–Trinajstić information content (AvgIpc) is 2.85. The van der Waals surface area contributed by atoms with Crippen molar-refractivity contribution in [2.75, 3.05) is 44.3 Å². The number of sulfone groups is 1. The minimum Gasteiger partial charge on any atom is -0.377 e. The van der Waals surface area contributed by atoms with E-state index in [-0.39, 0.29) is 0 Å². The van der Waals surface area contributed by atoms with E-state index in [0.717, 1.165) is 26.1 Å². The summed E-state index contributed by atoms with van der Waals surface area (Å²) in [6.07, 6.45) is 2.67. The van der Waals surface area contributed by atoms with Crippen LogP contribution in [0, 0.1) is 0 Å². The second-order valence-electron chi connectivity index (χ2n) is 5.29. The minimum absolute atomic E-state index is 0.314. The summed E-state index contributed by atoms with van der Waals surface area (Å²) < 4.78 is 28.2. The third-order valence-electron chi connectivity index (χ3n) is 3.85. The molecule has 106 valence electrons. The number of nitrogens with zero attached hydrogens (tertiary/aromatic N) is 1. The Hall–Kier alpha value is -0.170. The second kappa shape index (κ2) is 6.32. The van der Waals surface area contributed by atoms with Gasteiger partial charge in [-0.2, -0.15) is 0 Å². The standard InChI is InChI=1S/C12H24N2O3S/c1-11(12-3-2-8-17-12)13-4-5-14-6-9-18(15,16)10-7-14/h11-13H,2-10H2,1H3. The molecule has 0 aromatic rings. The first-order chi connectivity index (χ1) is 8.57. The van der Waals surface area contributed by atoms with Crippen LogP contribution >= 0.6 is 0 Å². The molecule has 1 N–H and O–H groups in total. The van der Waals surface area contributed by atoms with Crippen molar-refractivity contribution in [2.24, 2.45) is 0 Å². The Bertz CT molecular complexity index is 338. The summed E-state index contributed by atoms with van der Waals surface area (Å²) in [5.74, 6) is 0.628. The van der Waals surface area contributed by atoms with Crippen LogP contribution in [0.25, 0.3) is 0 Å². The van der Waals surface area contributed by atoms with Gasteiger partial charge in [-0.3, -0.25) is 0 Å². The van der Waals surface area contributed by atoms with Gasteiger partial charge in [-0.1, -0.05) is 0 Å². The highest BCUT2D eigenvalue weighted by Gasteiger charge is 2.23. The van der Waals surface area contributed by atoms with Gasteiger partial charge in [0.1, 0.15) is 0 Å². The molecule has 6 heteroatoms. The van der Waals surface area contributed by atoms with Crippen LogP contribution in [0.15, 0.2) is 0 Å². The van der Waals surface area contributed by atoms with Crippen LogP contribution in [0.5, 0.6) is 0 Å². The molecule has 0 radical (unpaired) electrons. The van der Waals surface area contributed by atoms with Crippen LogP contribution in [0.1, 0.15) is 19.8 Å². The summed E-state index contributed by atoms with van der Waals surface area (Å²) in [4.78, 5) is 2.22. The smallest absolute Gasteiger partial charge is 0.152 e. The van der Waals surface area contributed by atoms with Gasteiger partial charge in [0, 0.05) is 38.8 Å². The van der Waals surface area contributed by atoms with Gasteiger partial charge in [-0.05, 0) is 19.8 Å². The third kappa shape index (κ3) is 4.19. The Morgan fingerprint density at radius 2 is 2.11 bits per heavy atom. The van der Waals surface area contributed by atoms with E-state index in [1.165, 1.54) is 6.42 Å². The van der Waals surface area contributed by atoms with Crippen LogP contribution in [-0.2, 0) is 14.6 Å². The van der Waals surface area contributed by atoms with E-state index in [2.05, 4.69) is 17.1 Å². The third-order valence-corrected chi connectivity index (χ3v) is 5.46. The number of rotatable bonds is 5.